The Balaban J connectivity index is 0.000000360. The third-order valence-electron chi connectivity index (χ3n) is 7.01. The van der Waals surface area contributed by atoms with Crippen LogP contribution >= 0.6 is 0 Å². The molecule has 0 N–H and O–H groups in total. The van der Waals surface area contributed by atoms with E-state index in [-0.39, 0.29) is 71.0 Å². The van der Waals surface area contributed by atoms with Gasteiger partial charge in [0, 0.05) is 0 Å². The Morgan fingerprint density at radius 1 is 0.643 bits per heavy atom. The molecule has 4 heteroatoms. The second kappa shape index (κ2) is 17.3. The normalized spacial score (nSPS) is 11.0. The van der Waals surface area contributed by atoms with Crippen LogP contribution in [0.5, 0.6) is 0 Å². The molecule has 0 heterocycles. The predicted molar refractivity (Wildman–Crippen MR) is 172 cm³/mol. The topological polar surface area (TPSA) is 0 Å². The molecular weight excluding hydrogens is 734 g/mol. The smallest absolute Gasteiger partial charge is 1.00 e. The molecule has 5 aromatic rings. The number of benzene rings is 4. The molecule has 0 aliphatic heterocycles. The van der Waals surface area contributed by atoms with E-state index < -0.39 is 0 Å². The number of halogens is 2. The van der Waals surface area contributed by atoms with Gasteiger partial charge in [-0.2, -0.15) is 47.5 Å². The van der Waals surface area contributed by atoms with E-state index in [1.807, 2.05) is 30.3 Å². The van der Waals surface area contributed by atoms with E-state index in [2.05, 4.69) is 139 Å². The predicted octanol–water partition coefficient (Wildman–Crippen LogP) is 2.14. The molecule has 0 atom stereocenters. The fraction of sp³-hybridized carbons (Fsp3) is 0.237. The summed E-state index contributed by atoms with van der Waals surface area (Å²) in [5.41, 5.74) is 8.88. The Bertz CT molecular complexity index is 1390. The van der Waals surface area contributed by atoms with Crippen molar-refractivity contribution in [2.75, 3.05) is 0 Å². The zero-order valence-corrected chi connectivity index (χ0v) is 31.8. The van der Waals surface area contributed by atoms with Crippen LogP contribution in [0.2, 0.25) is 0 Å². The van der Waals surface area contributed by atoms with Gasteiger partial charge in [-0.25, -0.2) is 12.1 Å². The largest absolute Gasteiger partial charge is 4.00 e. The molecule has 0 aromatic heterocycles. The molecule has 0 bridgehead atoms. The van der Waals surface area contributed by atoms with E-state index in [9.17, 15) is 0 Å². The summed E-state index contributed by atoms with van der Waals surface area (Å²) in [7, 11) is 0.271. The summed E-state index contributed by atoms with van der Waals surface area (Å²) in [6.45, 7) is 13.7. The van der Waals surface area contributed by atoms with Crippen molar-refractivity contribution in [3.8, 4) is 11.1 Å². The molecule has 0 spiro atoms. The molecule has 0 amide bonds. The van der Waals surface area contributed by atoms with Crippen molar-refractivity contribution in [3.63, 3.8) is 0 Å². The Morgan fingerprint density at radius 3 is 1.64 bits per heavy atom. The van der Waals surface area contributed by atoms with Crippen molar-refractivity contribution in [2.24, 2.45) is 0 Å². The fourth-order valence-corrected chi connectivity index (χ4v) is 6.08. The van der Waals surface area contributed by atoms with E-state index in [0.717, 1.165) is 6.42 Å². The van der Waals surface area contributed by atoms with Crippen LogP contribution < -0.4 is 35.2 Å². The van der Waals surface area contributed by atoms with Crippen molar-refractivity contribution >= 4 is 19.9 Å². The Hall–Kier alpha value is -2.10. The standard InChI is InChI=1S/C21H25.C12H11Si.C5H5.2ClH.Hf/c1-20(2,3)15-11-10-14-12-18-16(17(14)13-15)8-7-9-19(18)21(4,5)6;1-3-7-11(8-4-1)13-12-9-5-2-6-10-12;1-2-4-5-3-1;;;/h7-9,11,13H,12H2,1-6H3;1-10,13H;1-5H;2*1H;/q-1;;-1;;;+4/p-2. The van der Waals surface area contributed by atoms with Gasteiger partial charge in [0.25, 0.3) is 0 Å². The molecule has 215 valence electrons. The molecule has 1 radical (unpaired) electrons. The van der Waals surface area contributed by atoms with Crippen LogP contribution in [0.25, 0.3) is 11.1 Å². The maximum atomic E-state index is 3.55. The zero-order chi connectivity index (χ0) is 27.9. The van der Waals surface area contributed by atoms with Crippen LogP contribution in [-0.2, 0) is 43.1 Å². The van der Waals surface area contributed by atoms with Crippen molar-refractivity contribution in [2.45, 2.75) is 58.8 Å². The fourth-order valence-electron chi connectivity index (χ4n) is 4.87. The van der Waals surface area contributed by atoms with Crippen LogP contribution in [0.4, 0.5) is 0 Å². The van der Waals surface area contributed by atoms with E-state index in [4.69, 9.17) is 0 Å². The number of fused-ring (bicyclic) bond motifs is 3. The van der Waals surface area contributed by atoms with Crippen LogP contribution in [0, 0.1) is 6.07 Å². The summed E-state index contributed by atoms with van der Waals surface area (Å²) >= 11 is 0. The second-order valence-corrected chi connectivity index (χ2v) is 13.8. The van der Waals surface area contributed by atoms with Crippen LogP contribution in [-0.4, -0.2) is 9.52 Å². The molecule has 0 saturated carbocycles. The molecule has 0 nitrogen and oxygen atoms in total. The van der Waals surface area contributed by atoms with Gasteiger partial charge < -0.3 is 24.8 Å². The first-order chi connectivity index (χ1) is 18.6. The SMILES string of the molecule is CC(C)(C)c1c[c-]c2c(c1)-c1cccc(C(C)(C)C)c1C2.[Cl-].[Cl-].[Hf+4].c1cc[cH-]c1.c1ccc([SiH]c2ccccc2)cc1. The number of hydrogen-bond acceptors (Lipinski definition) is 0. The molecule has 1 aliphatic rings. The molecule has 0 saturated heterocycles. The Morgan fingerprint density at radius 2 is 1.19 bits per heavy atom. The average molecular weight is 775 g/mol. The van der Waals surface area contributed by atoms with Crippen molar-refractivity contribution in [1.82, 2.24) is 0 Å². The van der Waals surface area contributed by atoms with E-state index in [0.29, 0.717) is 0 Å². The number of hydrogen-bond donors (Lipinski definition) is 0. The third-order valence-corrected chi connectivity index (χ3v) is 8.45. The monoisotopic (exact) mass is 775 g/mol. The quantitative estimate of drug-likeness (QED) is 0.187. The van der Waals surface area contributed by atoms with Crippen LogP contribution in [0.1, 0.15) is 63.8 Å². The summed E-state index contributed by atoms with van der Waals surface area (Å²) in [6, 6.07) is 46.2. The summed E-state index contributed by atoms with van der Waals surface area (Å²) < 4.78 is 0. The number of rotatable bonds is 2. The van der Waals surface area contributed by atoms with Gasteiger partial charge in [-0.3, -0.25) is 0 Å². The molecule has 42 heavy (non-hydrogen) atoms. The molecule has 1 aliphatic carbocycles. The third kappa shape index (κ3) is 10.6. The summed E-state index contributed by atoms with van der Waals surface area (Å²) in [4.78, 5) is 0. The van der Waals surface area contributed by atoms with Gasteiger partial charge >= 0.3 is 25.8 Å². The second-order valence-electron chi connectivity index (χ2n) is 12.2. The van der Waals surface area contributed by atoms with E-state index >= 15 is 0 Å². The van der Waals surface area contributed by atoms with Crippen LogP contribution in [0.3, 0.4) is 0 Å². The average Bonchev–Trinajstić information content (AvgIpc) is 3.61. The Kier molecular flexibility index (Phi) is 15.6. The van der Waals surface area contributed by atoms with Crippen molar-refractivity contribution < 1.29 is 50.7 Å². The minimum atomic E-state index is 0. The van der Waals surface area contributed by atoms with Crippen LogP contribution in [0.15, 0.2) is 121 Å². The maximum absolute atomic E-state index is 3.55. The summed E-state index contributed by atoms with van der Waals surface area (Å²) in [5.74, 6) is 0. The van der Waals surface area contributed by atoms with Gasteiger partial charge in [-0.15, -0.1) is 5.56 Å². The van der Waals surface area contributed by atoms with Gasteiger partial charge in [0.15, 0.2) is 0 Å². The first kappa shape index (κ1) is 37.9. The Labute approximate surface area is 288 Å². The molecule has 0 fully saturated rings. The summed E-state index contributed by atoms with van der Waals surface area (Å²) in [5, 5.41) is 2.90. The molecule has 6 rings (SSSR count). The summed E-state index contributed by atoms with van der Waals surface area (Å²) in [6.07, 6.45) is 1.03. The van der Waals surface area contributed by atoms with Gasteiger partial charge in [-0.1, -0.05) is 142 Å². The van der Waals surface area contributed by atoms with Gasteiger partial charge in [0.1, 0.15) is 9.52 Å². The minimum absolute atomic E-state index is 0. The van der Waals surface area contributed by atoms with Gasteiger partial charge in [0.2, 0.25) is 0 Å². The molecule has 0 unspecified atom stereocenters. The molecular formula is C38H41Cl2HfSi. The van der Waals surface area contributed by atoms with Gasteiger partial charge in [-0.05, 0) is 23.0 Å². The molecule has 5 aromatic carbocycles. The minimum Gasteiger partial charge on any atom is -1.00 e. The van der Waals surface area contributed by atoms with E-state index in [1.54, 1.807) is 0 Å². The first-order valence-electron chi connectivity index (χ1n) is 13.9. The van der Waals surface area contributed by atoms with E-state index in [1.165, 1.54) is 43.8 Å². The van der Waals surface area contributed by atoms with Crippen molar-refractivity contribution in [3.05, 3.63) is 150 Å². The zero-order valence-electron chi connectivity index (χ0n) is 25.6. The van der Waals surface area contributed by atoms with Crippen molar-refractivity contribution in [1.29, 1.82) is 0 Å². The maximum Gasteiger partial charge on any atom is 4.00 e. The van der Waals surface area contributed by atoms with Gasteiger partial charge in [0.05, 0.1) is 0 Å². The first-order valence-corrected chi connectivity index (χ1v) is 15.1.